The van der Waals surface area contributed by atoms with Crippen LogP contribution in [0.25, 0.3) is 0 Å². The van der Waals surface area contributed by atoms with Gasteiger partial charge in [-0.1, -0.05) is 32.1 Å². The molecule has 6 heteroatoms. The quantitative estimate of drug-likeness (QED) is 0.801. The molecule has 1 aliphatic carbocycles. The molecule has 2 aliphatic rings. The number of hydrogen-bond acceptors (Lipinski definition) is 3. The zero-order valence-electron chi connectivity index (χ0n) is 14.4. The number of rotatable bonds is 6. The third kappa shape index (κ3) is 6.68. The van der Waals surface area contributed by atoms with E-state index in [1.165, 1.54) is 32.1 Å². The standard InChI is InChI=1S/C17H31N3O2.ClH/c1-18-10-9-17(22)20-13-11-19(12-14-20)16(21)8-7-15-5-3-2-4-6-15;/h15,18H,2-14H2,1H3;1H. The van der Waals surface area contributed by atoms with Crippen LogP contribution in [0, 0.1) is 5.92 Å². The highest BCUT2D eigenvalue weighted by Crippen LogP contribution is 2.27. The Morgan fingerprint density at radius 2 is 1.43 bits per heavy atom. The molecule has 1 saturated heterocycles. The summed E-state index contributed by atoms with van der Waals surface area (Å²) in [5, 5.41) is 3.00. The van der Waals surface area contributed by atoms with Crippen molar-refractivity contribution >= 4 is 24.2 Å². The molecule has 1 heterocycles. The first kappa shape index (κ1) is 20.2. The van der Waals surface area contributed by atoms with E-state index in [9.17, 15) is 9.59 Å². The van der Waals surface area contributed by atoms with Gasteiger partial charge in [-0.2, -0.15) is 0 Å². The van der Waals surface area contributed by atoms with Crippen molar-refractivity contribution in [2.75, 3.05) is 39.8 Å². The van der Waals surface area contributed by atoms with E-state index >= 15 is 0 Å². The predicted molar refractivity (Wildman–Crippen MR) is 94.8 cm³/mol. The van der Waals surface area contributed by atoms with Gasteiger partial charge in [0.1, 0.15) is 0 Å². The Kier molecular flexibility index (Phi) is 9.56. The van der Waals surface area contributed by atoms with Crippen molar-refractivity contribution in [2.24, 2.45) is 5.92 Å². The lowest BCUT2D eigenvalue weighted by atomic mass is 9.86. The lowest BCUT2D eigenvalue weighted by Gasteiger charge is -2.35. The zero-order valence-corrected chi connectivity index (χ0v) is 15.2. The second kappa shape index (κ2) is 10.9. The molecule has 2 rings (SSSR count). The molecule has 0 radical (unpaired) electrons. The van der Waals surface area contributed by atoms with Crippen LogP contribution < -0.4 is 5.32 Å². The minimum absolute atomic E-state index is 0. The summed E-state index contributed by atoms with van der Waals surface area (Å²) in [7, 11) is 1.86. The van der Waals surface area contributed by atoms with Crippen molar-refractivity contribution in [1.82, 2.24) is 15.1 Å². The van der Waals surface area contributed by atoms with E-state index in [0.717, 1.165) is 18.9 Å². The summed E-state index contributed by atoms with van der Waals surface area (Å²) in [5.41, 5.74) is 0. The number of carbonyl (C=O) groups is 2. The van der Waals surface area contributed by atoms with Crippen LogP contribution in [-0.2, 0) is 9.59 Å². The van der Waals surface area contributed by atoms with Gasteiger partial charge in [0.15, 0.2) is 0 Å². The maximum atomic E-state index is 12.3. The average Bonchev–Trinajstić information content (AvgIpc) is 2.58. The number of piperazine rings is 1. The van der Waals surface area contributed by atoms with E-state index in [2.05, 4.69) is 5.32 Å². The molecular weight excluding hydrogens is 314 g/mol. The van der Waals surface area contributed by atoms with E-state index < -0.39 is 0 Å². The van der Waals surface area contributed by atoms with Crippen LogP contribution in [0.2, 0.25) is 0 Å². The molecule has 0 unspecified atom stereocenters. The van der Waals surface area contributed by atoms with E-state index in [0.29, 0.717) is 39.0 Å². The van der Waals surface area contributed by atoms with E-state index in [-0.39, 0.29) is 24.2 Å². The Labute approximate surface area is 146 Å². The Hall–Kier alpha value is -0.810. The van der Waals surface area contributed by atoms with Gasteiger partial charge in [0.05, 0.1) is 0 Å². The Balaban J connectivity index is 0.00000264. The van der Waals surface area contributed by atoms with Gasteiger partial charge in [-0.3, -0.25) is 9.59 Å². The summed E-state index contributed by atoms with van der Waals surface area (Å²) >= 11 is 0. The van der Waals surface area contributed by atoms with Gasteiger partial charge in [-0.25, -0.2) is 0 Å². The Morgan fingerprint density at radius 3 is 1.96 bits per heavy atom. The lowest BCUT2D eigenvalue weighted by molar-refractivity contribution is -0.139. The molecule has 2 fully saturated rings. The minimum atomic E-state index is 0. The van der Waals surface area contributed by atoms with Gasteiger partial charge < -0.3 is 15.1 Å². The first-order chi connectivity index (χ1) is 10.7. The third-order valence-corrected chi connectivity index (χ3v) is 5.07. The predicted octanol–water partition coefficient (Wildman–Crippen LogP) is 2.05. The number of hydrogen-bond donors (Lipinski definition) is 1. The molecule has 1 aliphatic heterocycles. The Morgan fingerprint density at radius 1 is 0.913 bits per heavy atom. The smallest absolute Gasteiger partial charge is 0.223 e. The van der Waals surface area contributed by atoms with Crippen LogP contribution in [0.5, 0.6) is 0 Å². The van der Waals surface area contributed by atoms with Crippen LogP contribution in [-0.4, -0.2) is 61.4 Å². The summed E-state index contributed by atoms with van der Waals surface area (Å²) in [6, 6.07) is 0. The molecule has 23 heavy (non-hydrogen) atoms. The van der Waals surface area contributed by atoms with Crippen LogP contribution in [0.1, 0.15) is 51.4 Å². The van der Waals surface area contributed by atoms with Crippen LogP contribution in [0.3, 0.4) is 0 Å². The summed E-state index contributed by atoms with van der Waals surface area (Å²) < 4.78 is 0. The van der Waals surface area contributed by atoms with Crippen molar-refractivity contribution in [2.45, 2.75) is 51.4 Å². The lowest BCUT2D eigenvalue weighted by Crippen LogP contribution is -2.50. The second-order valence-electron chi connectivity index (χ2n) is 6.66. The maximum absolute atomic E-state index is 12.3. The number of nitrogens with zero attached hydrogens (tertiary/aromatic N) is 2. The van der Waals surface area contributed by atoms with Gasteiger partial charge in [-0.15, -0.1) is 12.4 Å². The van der Waals surface area contributed by atoms with Crippen LogP contribution >= 0.6 is 12.4 Å². The zero-order chi connectivity index (χ0) is 15.8. The fourth-order valence-corrected chi connectivity index (χ4v) is 3.56. The van der Waals surface area contributed by atoms with E-state index in [1.54, 1.807) is 0 Å². The van der Waals surface area contributed by atoms with Crippen molar-refractivity contribution in [3.05, 3.63) is 0 Å². The van der Waals surface area contributed by atoms with Crippen molar-refractivity contribution in [3.8, 4) is 0 Å². The first-order valence-corrected chi connectivity index (χ1v) is 8.91. The minimum Gasteiger partial charge on any atom is -0.339 e. The molecule has 2 amide bonds. The number of carbonyl (C=O) groups excluding carboxylic acids is 2. The molecule has 0 bridgehead atoms. The van der Waals surface area contributed by atoms with Gasteiger partial charge in [-0.05, 0) is 19.4 Å². The SMILES string of the molecule is CNCCC(=O)N1CCN(C(=O)CCC2CCCCC2)CC1.Cl. The van der Waals surface area contributed by atoms with Gasteiger partial charge in [0, 0.05) is 45.6 Å². The molecular formula is C17H32ClN3O2. The summed E-state index contributed by atoms with van der Waals surface area (Å²) in [5.74, 6) is 1.25. The second-order valence-corrected chi connectivity index (χ2v) is 6.66. The summed E-state index contributed by atoms with van der Waals surface area (Å²) in [6.07, 6.45) is 8.96. The van der Waals surface area contributed by atoms with Crippen LogP contribution in [0.15, 0.2) is 0 Å². The van der Waals surface area contributed by atoms with Crippen LogP contribution in [0.4, 0.5) is 0 Å². The van der Waals surface area contributed by atoms with Gasteiger partial charge in [0.2, 0.25) is 11.8 Å². The highest BCUT2D eigenvalue weighted by molar-refractivity contribution is 5.85. The average molecular weight is 346 g/mol. The first-order valence-electron chi connectivity index (χ1n) is 8.91. The van der Waals surface area contributed by atoms with E-state index in [1.807, 2.05) is 16.8 Å². The number of nitrogens with one attached hydrogen (secondary N) is 1. The van der Waals surface area contributed by atoms with Crippen molar-refractivity contribution in [1.29, 1.82) is 0 Å². The normalized spacial score (nSPS) is 19.3. The molecule has 1 saturated carbocycles. The number of amides is 2. The number of halogens is 1. The molecule has 0 aromatic heterocycles. The Bertz CT molecular complexity index is 365. The molecule has 0 aromatic rings. The topological polar surface area (TPSA) is 52.7 Å². The summed E-state index contributed by atoms with van der Waals surface area (Å²) in [6.45, 7) is 3.51. The monoisotopic (exact) mass is 345 g/mol. The fraction of sp³-hybridized carbons (Fsp3) is 0.882. The van der Waals surface area contributed by atoms with E-state index in [4.69, 9.17) is 0 Å². The summed E-state index contributed by atoms with van der Waals surface area (Å²) in [4.78, 5) is 28.1. The van der Waals surface area contributed by atoms with Crippen molar-refractivity contribution in [3.63, 3.8) is 0 Å². The highest BCUT2D eigenvalue weighted by Gasteiger charge is 2.24. The molecule has 0 atom stereocenters. The molecule has 0 aromatic carbocycles. The highest BCUT2D eigenvalue weighted by atomic mass is 35.5. The maximum Gasteiger partial charge on any atom is 0.223 e. The molecule has 0 spiro atoms. The fourth-order valence-electron chi connectivity index (χ4n) is 3.56. The molecule has 134 valence electrons. The molecule has 1 N–H and O–H groups in total. The van der Waals surface area contributed by atoms with Gasteiger partial charge >= 0.3 is 0 Å². The molecule has 5 nitrogen and oxygen atoms in total. The van der Waals surface area contributed by atoms with Gasteiger partial charge in [0.25, 0.3) is 0 Å². The third-order valence-electron chi connectivity index (χ3n) is 5.07. The largest absolute Gasteiger partial charge is 0.339 e. The van der Waals surface area contributed by atoms with Crippen molar-refractivity contribution < 1.29 is 9.59 Å².